The molecule has 1 saturated carbocycles. The van der Waals surface area contributed by atoms with Gasteiger partial charge in [-0.05, 0) is 18.3 Å². The molecule has 1 rings (SSSR count). The molecule has 0 heterocycles. The summed E-state index contributed by atoms with van der Waals surface area (Å²) in [4.78, 5) is 11.4. The molecule has 0 saturated heterocycles. The maximum atomic E-state index is 11.4. The van der Waals surface area contributed by atoms with Gasteiger partial charge in [-0.1, -0.05) is 33.1 Å². The highest BCUT2D eigenvalue weighted by molar-refractivity contribution is 5.75. The molecule has 2 N–H and O–H groups in total. The topological polar surface area (TPSA) is 49.3 Å². The monoisotopic (exact) mass is 213 g/mol. The first-order chi connectivity index (χ1) is 7.13. The van der Waals surface area contributed by atoms with Crippen LogP contribution in [0.4, 0.5) is 0 Å². The van der Waals surface area contributed by atoms with E-state index in [-0.39, 0.29) is 11.8 Å². The van der Waals surface area contributed by atoms with Crippen molar-refractivity contribution in [3.8, 4) is 0 Å². The fourth-order valence-electron chi connectivity index (χ4n) is 1.52. The zero-order chi connectivity index (χ0) is 11.3. The first-order valence-corrected chi connectivity index (χ1v) is 6.08. The highest BCUT2D eigenvalue weighted by Gasteiger charge is 2.22. The Balaban J connectivity index is 2.03. The Hall–Kier alpha value is -0.570. The van der Waals surface area contributed by atoms with Crippen LogP contribution in [0.25, 0.3) is 0 Å². The second kappa shape index (κ2) is 6.11. The van der Waals surface area contributed by atoms with Crippen LogP contribution < -0.4 is 5.32 Å². The molecule has 1 amide bonds. The van der Waals surface area contributed by atoms with Gasteiger partial charge in [0.15, 0.2) is 0 Å². The number of carbonyl (C=O) groups is 1. The fraction of sp³-hybridized carbons (Fsp3) is 0.917. The van der Waals surface area contributed by atoms with E-state index in [2.05, 4.69) is 5.32 Å². The minimum absolute atomic E-state index is 0.0873. The minimum atomic E-state index is -0.403. The van der Waals surface area contributed by atoms with E-state index >= 15 is 0 Å². The maximum Gasteiger partial charge on any atom is 0.220 e. The fourth-order valence-corrected chi connectivity index (χ4v) is 1.52. The molecule has 0 spiro atoms. The number of rotatable bonds is 7. The Kier molecular flexibility index (Phi) is 5.09. The number of aliphatic hydroxyl groups excluding tert-OH is 1. The lowest BCUT2D eigenvalue weighted by Crippen LogP contribution is -2.35. The Bertz CT molecular complexity index is 202. The van der Waals surface area contributed by atoms with Crippen molar-refractivity contribution in [1.82, 2.24) is 5.32 Å². The predicted molar refractivity (Wildman–Crippen MR) is 60.4 cm³/mol. The molecule has 0 aromatic heterocycles. The summed E-state index contributed by atoms with van der Waals surface area (Å²) < 4.78 is 0. The number of hydrogen-bond acceptors (Lipinski definition) is 2. The normalized spacial score (nSPS) is 19.7. The average Bonchev–Trinajstić information content (AvgIpc) is 3.05. The number of amides is 1. The van der Waals surface area contributed by atoms with Crippen LogP contribution in [0.2, 0.25) is 0 Å². The Morgan fingerprint density at radius 1 is 1.53 bits per heavy atom. The van der Waals surface area contributed by atoms with E-state index in [9.17, 15) is 9.90 Å². The number of nitrogens with one attached hydrogen (secondary N) is 1. The van der Waals surface area contributed by atoms with Crippen molar-refractivity contribution in [2.75, 3.05) is 6.54 Å². The summed E-state index contributed by atoms with van der Waals surface area (Å²) in [5, 5.41) is 12.4. The van der Waals surface area contributed by atoms with Gasteiger partial charge in [-0.2, -0.15) is 0 Å². The van der Waals surface area contributed by atoms with Crippen LogP contribution in [0, 0.1) is 11.8 Å². The first kappa shape index (κ1) is 12.5. The van der Waals surface area contributed by atoms with Crippen LogP contribution in [0.5, 0.6) is 0 Å². The highest BCUT2D eigenvalue weighted by atomic mass is 16.3. The van der Waals surface area contributed by atoms with Gasteiger partial charge in [0.1, 0.15) is 0 Å². The molecule has 0 radical (unpaired) electrons. The number of carbonyl (C=O) groups excluding carboxylic acids is 1. The summed E-state index contributed by atoms with van der Waals surface area (Å²) in [7, 11) is 0. The predicted octanol–water partition coefficient (Wildman–Crippen LogP) is 1.70. The molecule has 1 aliphatic carbocycles. The van der Waals surface area contributed by atoms with Crippen LogP contribution in [-0.4, -0.2) is 23.7 Å². The Morgan fingerprint density at radius 3 is 2.73 bits per heavy atom. The Morgan fingerprint density at radius 2 is 2.20 bits per heavy atom. The summed E-state index contributed by atoms with van der Waals surface area (Å²) >= 11 is 0. The van der Waals surface area contributed by atoms with Crippen molar-refractivity contribution in [3.63, 3.8) is 0 Å². The summed E-state index contributed by atoms with van der Waals surface area (Å²) in [6, 6.07) is 0. The molecule has 88 valence electrons. The zero-order valence-corrected chi connectivity index (χ0v) is 9.83. The molecule has 2 atom stereocenters. The summed E-state index contributed by atoms with van der Waals surface area (Å²) in [5.74, 6) is 1.15. The van der Waals surface area contributed by atoms with Crippen molar-refractivity contribution in [1.29, 1.82) is 0 Å². The zero-order valence-electron chi connectivity index (χ0n) is 9.83. The lowest BCUT2D eigenvalue weighted by Gasteiger charge is -2.17. The molecule has 15 heavy (non-hydrogen) atoms. The second-order valence-corrected chi connectivity index (χ2v) is 4.74. The van der Waals surface area contributed by atoms with Gasteiger partial charge in [0.05, 0.1) is 6.10 Å². The van der Waals surface area contributed by atoms with E-state index in [1.807, 2.05) is 13.8 Å². The van der Waals surface area contributed by atoms with E-state index in [1.54, 1.807) is 0 Å². The van der Waals surface area contributed by atoms with Gasteiger partial charge in [-0.15, -0.1) is 0 Å². The van der Waals surface area contributed by atoms with Crippen LogP contribution in [0.3, 0.4) is 0 Å². The van der Waals surface area contributed by atoms with Crippen molar-refractivity contribution in [2.45, 2.75) is 52.1 Å². The van der Waals surface area contributed by atoms with Gasteiger partial charge in [-0.25, -0.2) is 0 Å². The Labute approximate surface area is 92.3 Å². The van der Waals surface area contributed by atoms with Crippen molar-refractivity contribution in [3.05, 3.63) is 0 Å². The molecule has 1 aliphatic rings. The van der Waals surface area contributed by atoms with Gasteiger partial charge in [0, 0.05) is 13.0 Å². The molecule has 0 aromatic rings. The average molecular weight is 213 g/mol. The van der Waals surface area contributed by atoms with Gasteiger partial charge in [-0.3, -0.25) is 4.79 Å². The van der Waals surface area contributed by atoms with Crippen molar-refractivity contribution >= 4 is 5.91 Å². The number of hydrogen-bond donors (Lipinski definition) is 2. The lowest BCUT2D eigenvalue weighted by molar-refractivity contribution is -0.121. The molecule has 3 nitrogen and oxygen atoms in total. The van der Waals surface area contributed by atoms with Crippen molar-refractivity contribution in [2.24, 2.45) is 11.8 Å². The minimum Gasteiger partial charge on any atom is -0.391 e. The molecule has 0 aliphatic heterocycles. The summed E-state index contributed by atoms with van der Waals surface area (Å²) in [6.07, 6.45) is 4.77. The smallest absolute Gasteiger partial charge is 0.220 e. The molecule has 2 unspecified atom stereocenters. The maximum absolute atomic E-state index is 11.4. The second-order valence-electron chi connectivity index (χ2n) is 4.74. The molecular formula is C12H23NO2. The van der Waals surface area contributed by atoms with E-state index < -0.39 is 6.10 Å². The van der Waals surface area contributed by atoms with Crippen LogP contribution >= 0.6 is 0 Å². The van der Waals surface area contributed by atoms with Crippen molar-refractivity contribution < 1.29 is 9.90 Å². The molecule has 0 bridgehead atoms. The van der Waals surface area contributed by atoms with E-state index in [0.717, 1.165) is 18.8 Å². The number of aliphatic hydroxyl groups is 1. The SMILES string of the molecule is CCC(C)C(O)CNC(=O)CCC1CC1. The molecule has 3 heteroatoms. The van der Waals surface area contributed by atoms with Crippen LogP contribution in [0.15, 0.2) is 0 Å². The standard InChI is InChI=1S/C12H23NO2/c1-3-9(2)11(14)8-13-12(15)7-6-10-4-5-10/h9-11,14H,3-8H2,1-2H3,(H,13,15). The largest absolute Gasteiger partial charge is 0.391 e. The van der Waals surface area contributed by atoms with Gasteiger partial charge >= 0.3 is 0 Å². The summed E-state index contributed by atoms with van der Waals surface area (Å²) in [5.41, 5.74) is 0. The lowest BCUT2D eigenvalue weighted by atomic mass is 10.0. The van der Waals surface area contributed by atoms with Gasteiger partial charge < -0.3 is 10.4 Å². The first-order valence-electron chi connectivity index (χ1n) is 6.08. The van der Waals surface area contributed by atoms with Gasteiger partial charge in [0.2, 0.25) is 5.91 Å². The third-order valence-corrected chi connectivity index (χ3v) is 3.29. The third kappa shape index (κ3) is 5.17. The third-order valence-electron chi connectivity index (χ3n) is 3.29. The molecule has 0 aromatic carbocycles. The highest BCUT2D eigenvalue weighted by Crippen LogP contribution is 2.33. The van der Waals surface area contributed by atoms with Crippen LogP contribution in [0.1, 0.15) is 46.0 Å². The quantitative estimate of drug-likeness (QED) is 0.676. The summed E-state index contributed by atoms with van der Waals surface area (Å²) in [6.45, 7) is 4.45. The molecule has 1 fully saturated rings. The van der Waals surface area contributed by atoms with Gasteiger partial charge in [0.25, 0.3) is 0 Å². The van der Waals surface area contributed by atoms with E-state index in [4.69, 9.17) is 0 Å². The molecular weight excluding hydrogens is 190 g/mol. The van der Waals surface area contributed by atoms with E-state index in [1.165, 1.54) is 12.8 Å². The van der Waals surface area contributed by atoms with E-state index in [0.29, 0.717) is 13.0 Å². The van der Waals surface area contributed by atoms with Crippen LogP contribution in [-0.2, 0) is 4.79 Å².